The predicted molar refractivity (Wildman–Crippen MR) is 68.8 cm³/mol. The Morgan fingerprint density at radius 2 is 2.35 bits per heavy atom. The van der Waals surface area contributed by atoms with Crippen LogP contribution in [-0.2, 0) is 6.54 Å². The zero-order chi connectivity index (χ0) is 12.3. The van der Waals surface area contributed by atoms with Gasteiger partial charge in [-0.15, -0.1) is 0 Å². The number of aliphatic hydroxyl groups is 1. The van der Waals surface area contributed by atoms with E-state index in [0.717, 1.165) is 31.0 Å². The predicted octanol–water partition coefficient (Wildman–Crippen LogP) is 1.33. The van der Waals surface area contributed by atoms with Crippen molar-refractivity contribution < 1.29 is 5.11 Å². The second-order valence-corrected chi connectivity index (χ2v) is 4.75. The number of pyridine rings is 1. The molecule has 2 unspecified atom stereocenters. The molecular weight excluding hydrogens is 214 g/mol. The molecule has 0 aromatic carbocycles. The summed E-state index contributed by atoms with van der Waals surface area (Å²) in [6.07, 6.45) is 1.16. The van der Waals surface area contributed by atoms with Crippen molar-refractivity contribution in [2.45, 2.75) is 25.9 Å². The fourth-order valence-corrected chi connectivity index (χ4v) is 2.49. The summed E-state index contributed by atoms with van der Waals surface area (Å²) in [5.41, 5.74) is 1.06. The highest BCUT2D eigenvalue weighted by Gasteiger charge is 2.30. The molecule has 2 heterocycles. The molecule has 1 aliphatic rings. The van der Waals surface area contributed by atoms with E-state index < -0.39 is 0 Å². The average molecular weight is 235 g/mol. The number of likely N-dealkylation sites (tertiary alicyclic amines) is 1. The first-order chi connectivity index (χ1) is 8.24. The minimum atomic E-state index is 0.243. The van der Waals surface area contributed by atoms with E-state index in [-0.39, 0.29) is 12.6 Å². The molecule has 1 fully saturated rings. The van der Waals surface area contributed by atoms with E-state index in [1.807, 2.05) is 25.2 Å². The molecule has 4 heteroatoms. The number of hydrogen-bond acceptors (Lipinski definition) is 4. The van der Waals surface area contributed by atoms with E-state index in [9.17, 15) is 5.11 Å². The van der Waals surface area contributed by atoms with Gasteiger partial charge in [0.25, 0.3) is 0 Å². The molecule has 2 rings (SSSR count). The molecule has 1 aliphatic heterocycles. The molecule has 2 atom stereocenters. The number of hydrogen-bond donors (Lipinski definition) is 2. The maximum absolute atomic E-state index is 9.41. The summed E-state index contributed by atoms with van der Waals surface area (Å²) in [5, 5.41) is 12.5. The lowest BCUT2D eigenvalue weighted by molar-refractivity contribution is 0.133. The largest absolute Gasteiger partial charge is 0.395 e. The van der Waals surface area contributed by atoms with Crippen LogP contribution in [0.25, 0.3) is 0 Å². The van der Waals surface area contributed by atoms with Gasteiger partial charge < -0.3 is 10.4 Å². The SMILES string of the molecule is CNc1cccc(CN2CCC(C)C2CO)n1. The normalized spacial score (nSPS) is 25.1. The molecular formula is C13H21N3O. The van der Waals surface area contributed by atoms with E-state index in [4.69, 9.17) is 0 Å². The molecule has 2 N–H and O–H groups in total. The Kier molecular flexibility index (Phi) is 3.97. The molecule has 17 heavy (non-hydrogen) atoms. The van der Waals surface area contributed by atoms with E-state index >= 15 is 0 Å². The summed E-state index contributed by atoms with van der Waals surface area (Å²) < 4.78 is 0. The molecule has 94 valence electrons. The van der Waals surface area contributed by atoms with E-state index in [2.05, 4.69) is 22.1 Å². The molecule has 0 saturated carbocycles. The molecule has 0 bridgehead atoms. The Balaban J connectivity index is 2.04. The molecule has 1 saturated heterocycles. The highest BCUT2D eigenvalue weighted by Crippen LogP contribution is 2.25. The van der Waals surface area contributed by atoms with Crippen LogP contribution < -0.4 is 5.32 Å². The third-order valence-corrected chi connectivity index (χ3v) is 3.61. The zero-order valence-corrected chi connectivity index (χ0v) is 10.6. The first-order valence-corrected chi connectivity index (χ1v) is 6.23. The molecule has 1 aromatic rings. The highest BCUT2D eigenvalue weighted by atomic mass is 16.3. The van der Waals surface area contributed by atoms with Gasteiger partial charge in [0.2, 0.25) is 0 Å². The van der Waals surface area contributed by atoms with Crippen molar-refractivity contribution in [2.75, 3.05) is 25.5 Å². The lowest BCUT2D eigenvalue weighted by Crippen LogP contribution is -2.34. The highest BCUT2D eigenvalue weighted by molar-refractivity contribution is 5.34. The van der Waals surface area contributed by atoms with Crippen LogP contribution in [0.2, 0.25) is 0 Å². The number of nitrogens with zero attached hydrogens (tertiary/aromatic N) is 2. The Bertz CT molecular complexity index is 369. The number of rotatable bonds is 4. The Morgan fingerprint density at radius 3 is 3.06 bits per heavy atom. The summed E-state index contributed by atoms with van der Waals surface area (Å²) in [4.78, 5) is 6.84. The maximum Gasteiger partial charge on any atom is 0.126 e. The van der Waals surface area contributed by atoms with Crippen LogP contribution >= 0.6 is 0 Å². The molecule has 0 spiro atoms. The lowest BCUT2D eigenvalue weighted by atomic mass is 10.0. The van der Waals surface area contributed by atoms with Crippen LogP contribution in [0.3, 0.4) is 0 Å². The standard InChI is InChI=1S/C13H21N3O/c1-10-6-7-16(12(10)9-17)8-11-4-3-5-13(14-2)15-11/h3-5,10,12,17H,6-9H2,1-2H3,(H,14,15). The molecule has 1 aromatic heterocycles. The number of aromatic nitrogens is 1. The second kappa shape index (κ2) is 5.47. The second-order valence-electron chi connectivity index (χ2n) is 4.75. The van der Waals surface area contributed by atoms with Gasteiger partial charge in [0, 0.05) is 19.6 Å². The zero-order valence-electron chi connectivity index (χ0n) is 10.6. The van der Waals surface area contributed by atoms with Crippen molar-refractivity contribution in [1.82, 2.24) is 9.88 Å². The van der Waals surface area contributed by atoms with Gasteiger partial charge in [0.15, 0.2) is 0 Å². The van der Waals surface area contributed by atoms with Crippen molar-refractivity contribution in [3.05, 3.63) is 23.9 Å². The van der Waals surface area contributed by atoms with Crippen molar-refractivity contribution in [3.8, 4) is 0 Å². The fraction of sp³-hybridized carbons (Fsp3) is 0.615. The van der Waals surface area contributed by atoms with Crippen molar-refractivity contribution in [1.29, 1.82) is 0 Å². The van der Waals surface area contributed by atoms with E-state index in [1.165, 1.54) is 0 Å². The van der Waals surface area contributed by atoms with Crippen LogP contribution in [-0.4, -0.2) is 41.2 Å². The van der Waals surface area contributed by atoms with Crippen molar-refractivity contribution in [2.24, 2.45) is 5.92 Å². The Labute approximate surface area is 103 Å². The topological polar surface area (TPSA) is 48.4 Å². The Hall–Kier alpha value is -1.13. The van der Waals surface area contributed by atoms with Gasteiger partial charge in [-0.1, -0.05) is 13.0 Å². The summed E-state index contributed by atoms with van der Waals surface area (Å²) in [6, 6.07) is 6.30. The smallest absolute Gasteiger partial charge is 0.126 e. The summed E-state index contributed by atoms with van der Waals surface area (Å²) >= 11 is 0. The monoisotopic (exact) mass is 235 g/mol. The van der Waals surface area contributed by atoms with E-state index in [1.54, 1.807) is 0 Å². The summed E-state index contributed by atoms with van der Waals surface area (Å²) in [7, 11) is 1.88. The quantitative estimate of drug-likeness (QED) is 0.826. The maximum atomic E-state index is 9.41. The third-order valence-electron chi connectivity index (χ3n) is 3.61. The first kappa shape index (κ1) is 12.3. The summed E-state index contributed by atoms with van der Waals surface area (Å²) in [5.74, 6) is 1.47. The molecule has 4 nitrogen and oxygen atoms in total. The van der Waals surface area contributed by atoms with Gasteiger partial charge in [-0.05, 0) is 31.0 Å². The van der Waals surface area contributed by atoms with Gasteiger partial charge in [-0.2, -0.15) is 0 Å². The first-order valence-electron chi connectivity index (χ1n) is 6.23. The van der Waals surface area contributed by atoms with Crippen LogP contribution in [0.1, 0.15) is 19.0 Å². The minimum Gasteiger partial charge on any atom is -0.395 e. The van der Waals surface area contributed by atoms with Crippen LogP contribution in [0.5, 0.6) is 0 Å². The third kappa shape index (κ3) is 2.76. The van der Waals surface area contributed by atoms with E-state index in [0.29, 0.717) is 5.92 Å². The minimum absolute atomic E-state index is 0.243. The number of nitrogens with one attached hydrogen (secondary N) is 1. The fourth-order valence-electron chi connectivity index (χ4n) is 2.49. The summed E-state index contributed by atoms with van der Waals surface area (Å²) in [6.45, 7) is 4.33. The van der Waals surface area contributed by atoms with Crippen molar-refractivity contribution >= 4 is 5.82 Å². The van der Waals surface area contributed by atoms with Gasteiger partial charge in [-0.25, -0.2) is 4.98 Å². The number of aliphatic hydroxyl groups excluding tert-OH is 1. The Morgan fingerprint density at radius 1 is 1.53 bits per heavy atom. The van der Waals surface area contributed by atoms with Crippen LogP contribution in [0, 0.1) is 5.92 Å². The van der Waals surface area contributed by atoms with Crippen LogP contribution in [0.15, 0.2) is 18.2 Å². The molecule has 0 amide bonds. The van der Waals surface area contributed by atoms with Crippen molar-refractivity contribution in [3.63, 3.8) is 0 Å². The van der Waals surface area contributed by atoms with Gasteiger partial charge >= 0.3 is 0 Å². The van der Waals surface area contributed by atoms with Crippen LogP contribution in [0.4, 0.5) is 5.82 Å². The van der Waals surface area contributed by atoms with Gasteiger partial charge in [-0.3, -0.25) is 4.90 Å². The number of anilines is 1. The molecule has 0 aliphatic carbocycles. The molecule has 0 radical (unpaired) electrons. The average Bonchev–Trinajstić information content (AvgIpc) is 2.70. The lowest BCUT2D eigenvalue weighted by Gasteiger charge is -2.24. The van der Waals surface area contributed by atoms with Gasteiger partial charge in [0.1, 0.15) is 5.82 Å². The van der Waals surface area contributed by atoms with Gasteiger partial charge in [0.05, 0.1) is 12.3 Å².